The number of hydrogen-bond donors (Lipinski definition) is 1. The van der Waals surface area contributed by atoms with Gasteiger partial charge in [0.15, 0.2) is 0 Å². The highest BCUT2D eigenvalue weighted by Gasteiger charge is 1.85. The lowest BCUT2D eigenvalue weighted by atomic mass is 10.2. The zero-order valence-corrected chi connectivity index (χ0v) is 9.37. The van der Waals surface area contributed by atoms with Crippen molar-refractivity contribution in [3.63, 3.8) is 0 Å². The standard InChI is InChI=1S/C9H18O.C3H6O/c1-3-5-6-7-9-10-8-4-2;1-2-3-4/h4H,2-3,5-9H2,1H3;2,4H,1,3H2. The summed E-state index contributed by atoms with van der Waals surface area (Å²) in [4.78, 5) is 0. The zero-order valence-electron chi connectivity index (χ0n) is 9.37. The van der Waals surface area contributed by atoms with Crippen molar-refractivity contribution in [1.82, 2.24) is 0 Å². The molecule has 0 aromatic rings. The third kappa shape index (κ3) is 22.5. The third-order valence-electron chi connectivity index (χ3n) is 1.51. The van der Waals surface area contributed by atoms with Crippen molar-refractivity contribution in [3.8, 4) is 0 Å². The summed E-state index contributed by atoms with van der Waals surface area (Å²) in [5, 5.41) is 7.76. The molecule has 0 spiro atoms. The molecule has 0 saturated carbocycles. The van der Waals surface area contributed by atoms with E-state index in [9.17, 15) is 0 Å². The summed E-state index contributed by atoms with van der Waals surface area (Å²) in [6.45, 7) is 10.7. The maximum atomic E-state index is 7.76. The van der Waals surface area contributed by atoms with Gasteiger partial charge in [-0.25, -0.2) is 0 Å². The molecule has 0 aromatic carbocycles. The summed E-state index contributed by atoms with van der Waals surface area (Å²) in [5.74, 6) is 0. The van der Waals surface area contributed by atoms with Crippen molar-refractivity contribution in [2.75, 3.05) is 19.8 Å². The number of hydrogen-bond acceptors (Lipinski definition) is 2. The van der Waals surface area contributed by atoms with Gasteiger partial charge in [-0.3, -0.25) is 0 Å². The zero-order chi connectivity index (χ0) is 11.1. The average molecular weight is 200 g/mol. The van der Waals surface area contributed by atoms with Crippen LogP contribution < -0.4 is 0 Å². The van der Waals surface area contributed by atoms with Gasteiger partial charge in [-0.2, -0.15) is 0 Å². The first kappa shape index (κ1) is 15.9. The minimum atomic E-state index is 0.0833. The van der Waals surface area contributed by atoms with E-state index in [1.165, 1.54) is 31.8 Å². The smallest absolute Gasteiger partial charge is 0.0644 e. The van der Waals surface area contributed by atoms with Gasteiger partial charge in [0.25, 0.3) is 0 Å². The molecule has 2 nitrogen and oxygen atoms in total. The highest BCUT2D eigenvalue weighted by Crippen LogP contribution is 1.98. The van der Waals surface area contributed by atoms with Crippen molar-refractivity contribution in [1.29, 1.82) is 0 Å². The van der Waals surface area contributed by atoms with Gasteiger partial charge in [-0.1, -0.05) is 38.3 Å². The molecule has 0 amide bonds. The molecule has 2 heteroatoms. The lowest BCUT2D eigenvalue weighted by Gasteiger charge is -1.99. The number of rotatable bonds is 8. The SMILES string of the molecule is C=CCO.C=CCOCCCCCC. The Morgan fingerprint density at radius 3 is 2.21 bits per heavy atom. The predicted molar refractivity (Wildman–Crippen MR) is 62.4 cm³/mol. The van der Waals surface area contributed by atoms with E-state index in [1.807, 2.05) is 0 Å². The Bertz CT molecular complexity index is 111. The summed E-state index contributed by atoms with van der Waals surface area (Å²) in [5.41, 5.74) is 0. The van der Waals surface area contributed by atoms with Gasteiger partial charge in [0, 0.05) is 6.61 Å². The summed E-state index contributed by atoms with van der Waals surface area (Å²) >= 11 is 0. The average Bonchev–Trinajstić information content (AvgIpc) is 2.24. The van der Waals surface area contributed by atoms with Crippen LogP contribution >= 0.6 is 0 Å². The molecule has 0 heterocycles. The molecule has 0 rings (SSSR count). The normalized spacial score (nSPS) is 8.71. The Balaban J connectivity index is 0. The second-order valence-electron chi connectivity index (χ2n) is 2.90. The highest BCUT2D eigenvalue weighted by atomic mass is 16.5. The third-order valence-corrected chi connectivity index (χ3v) is 1.51. The van der Waals surface area contributed by atoms with E-state index in [0.29, 0.717) is 6.61 Å². The molecular weight excluding hydrogens is 176 g/mol. The Hall–Kier alpha value is -0.600. The van der Waals surface area contributed by atoms with E-state index in [-0.39, 0.29) is 6.61 Å². The second kappa shape index (κ2) is 18.2. The van der Waals surface area contributed by atoms with Crippen LogP contribution in [-0.4, -0.2) is 24.9 Å². The minimum Gasteiger partial charge on any atom is -0.392 e. The van der Waals surface area contributed by atoms with Gasteiger partial charge in [0.1, 0.15) is 0 Å². The largest absolute Gasteiger partial charge is 0.392 e. The molecule has 0 atom stereocenters. The quantitative estimate of drug-likeness (QED) is 0.482. The van der Waals surface area contributed by atoms with Gasteiger partial charge in [-0.05, 0) is 6.42 Å². The lowest BCUT2D eigenvalue weighted by Crippen LogP contribution is -1.93. The van der Waals surface area contributed by atoms with E-state index < -0.39 is 0 Å². The Morgan fingerprint density at radius 1 is 1.14 bits per heavy atom. The van der Waals surface area contributed by atoms with Crippen LogP contribution in [0.2, 0.25) is 0 Å². The van der Waals surface area contributed by atoms with Crippen molar-refractivity contribution in [2.24, 2.45) is 0 Å². The Labute approximate surface area is 88.3 Å². The van der Waals surface area contributed by atoms with Gasteiger partial charge < -0.3 is 9.84 Å². The number of aliphatic hydroxyl groups is 1. The molecule has 0 aliphatic rings. The highest BCUT2D eigenvalue weighted by molar-refractivity contribution is 4.63. The van der Waals surface area contributed by atoms with Gasteiger partial charge >= 0.3 is 0 Å². The van der Waals surface area contributed by atoms with Crippen LogP contribution in [0.1, 0.15) is 32.6 Å². The van der Waals surface area contributed by atoms with Gasteiger partial charge in [-0.15, -0.1) is 13.2 Å². The van der Waals surface area contributed by atoms with Crippen LogP contribution in [0, 0.1) is 0 Å². The topological polar surface area (TPSA) is 29.5 Å². The number of aliphatic hydroxyl groups excluding tert-OH is 1. The van der Waals surface area contributed by atoms with Crippen molar-refractivity contribution in [2.45, 2.75) is 32.6 Å². The second-order valence-corrected chi connectivity index (χ2v) is 2.90. The van der Waals surface area contributed by atoms with E-state index in [2.05, 4.69) is 20.1 Å². The first-order chi connectivity index (χ1) is 6.83. The van der Waals surface area contributed by atoms with Crippen LogP contribution in [-0.2, 0) is 4.74 Å². The molecule has 0 aliphatic carbocycles. The molecule has 84 valence electrons. The van der Waals surface area contributed by atoms with E-state index in [4.69, 9.17) is 9.84 Å². The maximum absolute atomic E-state index is 7.76. The molecule has 1 N–H and O–H groups in total. The van der Waals surface area contributed by atoms with Crippen molar-refractivity contribution < 1.29 is 9.84 Å². The molecule has 0 radical (unpaired) electrons. The molecular formula is C12H24O2. The molecule has 0 aromatic heterocycles. The number of ether oxygens (including phenoxy) is 1. The molecule has 14 heavy (non-hydrogen) atoms. The van der Waals surface area contributed by atoms with E-state index >= 15 is 0 Å². The summed E-state index contributed by atoms with van der Waals surface area (Å²) in [7, 11) is 0. The fraction of sp³-hybridized carbons (Fsp3) is 0.667. The monoisotopic (exact) mass is 200 g/mol. The lowest BCUT2D eigenvalue weighted by molar-refractivity contribution is 0.157. The van der Waals surface area contributed by atoms with Crippen LogP contribution in [0.3, 0.4) is 0 Å². The minimum absolute atomic E-state index is 0.0833. The van der Waals surface area contributed by atoms with Gasteiger partial charge in [0.05, 0.1) is 13.2 Å². The van der Waals surface area contributed by atoms with E-state index in [1.54, 1.807) is 6.08 Å². The summed E-state index contributed by atoms with van der Waals surface area (Å²) in [6, 6.07) is 0. The van der Waals surface area contributed by atoms with Crippen LogP contribution in [0.25, 0.3) is 0 Å². The first-order valence-electron chi connectivity index (χ1n) is 5.23. The van der Waals surface area contributed by atoms with Crippen LogP contribution in [0.5, 0.6) is 0 Å². The maximum Gasteiger partial charge on any atom is 0.0644 e. The van der Waals surface area contributed by atoms with Crippen LogP contribution in [0.4, 0.5) is 0 Å². The predicted octanol–water partition coefficient (Wildman–Crippen LogP) is 2.93. The fourth-order valence-corrected chi connectivity index (χ4v) is 0.798. The molecule has 0 bridgehead atoms. The summed E-state index contributed by atoms with van der Waals surface area (Å²) < 4.78 is 5.21. The Kier molecular flexibility index (Phi) is 20.7. The summed E-state index contributed by atoms with van der Waals surface area (Å²) in [6.07, 6.45) is 8.34. The Morgan fingerprint density at radius 2 is 1.79 bits per heavy atom. The number of unbranched alkanes of at least 4 members (excludes halogenated alkanes) is 3. The first-order valence-corrected chi connectivity index (χ1v) is 5.23. The van der Waals surface area contributed by atoms with Gasteiger partial charge in [0.2, 0.25) is 0 Å². The van der Waals surface area contributed by atoms with Crippen LogP contribution in [0.15, 0.2) is 25.3 Å². The fourth-order valence-electron chi connectivity index (χ4n) is 0.798. The molecule has 0 aliphatic heterocycles. The molecule has 0 fully saturated rings. The molecule has 0 saturated heterocycles. The van der Waals surface area contributed by atoms with Crippen molar-refractivity contribution in [3.05, 3.63) is 25.3 Å². The van der Waals surface area contributed by atoms with E-state index in [0.717, 1.165) is 6.61 Å². The molecule has 0 unspecified atom stereocenters. The van der Waals surface area contributed by atoms with Crippen molar-refractivity contribution >= 4 is 0 Å².